The molecule has 3 heterocycles. The molecule has 4 aromatic rings. The summed E-state index contributed by atoms with van der Waals surface area (Å²) in [6.45, 7) is 1.98. The number of nitrogens with zero attached hydrogens (tertiary/aromatic N) is 3. The molecule has 8 rings (SSSR count). The van der Waals surface area contributed by atoms with E-state index in [0.29, 0.717) is 30.9 Å². The third-order valence-electron chi connectivity index (χ3n) is 9.62. The van der Waals surface area contributed by atoms with Gasteiger partial charge in [0.05, 0.1) is 0 Å². The highest BCUT2D eigenvalue weighted by molar-refractivity contribution is 5.96. The maximum Gasteiger partial charge on any atom is 0.277 e. The van der Waals surface area contributed by atoms with E-state index in [4.69, 9.17) is 9.47 Å². The number of hydrogen-bond donors (Lipinski definition) is 0. The van der Waals surface area contributed by atoms with Crippen LogP contribution in [0.2, 0.25) is 0 Å². The van der Waals surface area contributed by atoms with E-state index >= 15 is 4.39 Å². The van der Waals surface area contributed by atoms with Crippen molar-refractivity contribution < 1.29 is 23.0 Å². The Hall–Kier alpha value is -4.76. The van der Waals surface area contributed by atoms with Crippen molar-refractivity contribution in [2.45, 2.75) is 31.4 Å². The van der Waals surface area contributed by atoms with Crippen LogP contribution in [0.4, 0.5) is 8.78 Å². The molecule has 1 fully saturated rings. The lowest BCUT2D eigenvalue weighted by atomic mass is 9.83. The standard InChI is InChI=1S/C36H31F2N3O4/c37-30-11-10-29-27(32(30)38)19-26-18-25-8-4-5-9-28(25)36(26,29)41-22-39(20-23-13-16-44-17-14-23)35(43)33-34(31(42)12-15-40(33)41)45-21-24-6-2-1-3-7-24/h1-12,15,18,23H,13-14,16-17,19-22H2. The second-order valence-electron chi connectivity index (χ2n) is 12.1. The van der Waals surface area contributed by atoms with Crippen LogP contribution in [0.1, 0.15) is 51.1 Å². The van der Waals surface area contributed by atoms with Crippen molar-refractivity contribution in [3.8, 4) is 5.75 Å². The van der Waals surface area contributed by atoms with E-state index in [1.807, 2.05) is 65.7 Å². The zero-order chi connectivity index (χ0) is 30.7. The molecule has 2 aliphatic carbocycles. The van der Waals surface area contributed by atoms with Crippen LogP contribution in [0.25, 0.3) is 6.08 Å². The average Bonchev–Trinajstić information content (AvgIpc) is 3.56. The monoisotopic (exact) mass is 607 g/mol. The second kappa shape index (κ2) is 10.7. The summed E-state index contributed by atoms with van der Waals surface area (Å²) in [7, 11) is 0. The third kappa shape index (κ3) is 4.24. The number of carbonyl (C=O) groups is 1. The van der Waals surface area contributed by atoms with Crippen molar-refractivity contribution in [3.63, 3.8) is 0 Å². The Labute approximate surface area is 258 Å². The molecular weight excluding hydrogens is 576 g/mol. The average molecular weight is 608 g/mol. The molecule has 1 aromatic heterocycles. The van der Waals surface area contributed by atoms with Crippen LogP contribution >= 0.6 is 0 Å². The van der Waals surface area contributed by atoms with Gasteiger partial charge in [-0.2, -0.15) is 0 Å². The zero-order valence-electron chi connectivity index (χ0n) is 24.5. The van der Waals surface area contributed by atoms with Crippen molar-refractivity contribution >= 4 is 12.0 Å². The normalized spacial score (nSPS) is 20.4. The Morgan fingerprint density at radius 2 is 1.69 bits per heavy atom. The maximum atomic E-state index is 15.5. The first-order chi connectivity index (χ1) is 22.0. The molecule has 4 aliphatic rings. The third-order valence-corrected chi connectivity index (χ3v) is 9.62. The fourth-order valence-electron chi connectivity index (χ4n) is 7.52. The molecule has 7 nitrogen and oxygen atoms in total. The first-order valence-corrected chi connectivity index (χ1v) is 15.3. The lowest BCUT2D eigenvalue weighted by Gasteiger charge is -2.50. The van der Waals surface area contributed by atoms with Crippen LogP contribution in [-0.2, 0) is 23.3 Å². The van der Waals surface area contributed by atoms with E-state index < -0.39 is 22.6 Å². The first kappa shape index (κ1) is 27.8. The Balaban J connectivity index is 1.33. The van der Waals surface area contributed by atoms with Gasteiger partial charge in [0.15, 0.2) is 23.1 Å². The van der Waals surface area contributed by atoms with Crippen molar-refractivity contribution in [1.29, 1.82) is 0 Å². The minimum absolute atomic E-state index is 0.0373. The van der Waals surface area contributed by atoms with Gasteiger partial charge in [-0.15, -0.1) is 0 Å². The Bertz CT molecular complexity index is 1920. The molecule has 45 heavy (non-hydrogen) atoms. The molecule has 228 valence electrons. The van der Waals surface area contributed by atoms with Crippen LogP contribution in [0, 0.1) is 17.6 Å². The van der Waals surface area contributed by atoms with Crippen molar-refractivity contribution in [2.24, 2.45) is 5.92 Å². The zero-order valence-corrected chi connectivity index (χ0v) is 24.5. The highest BCUT2D eigenvalue weighted by atomic mass is 19.2. The van der Waals surface area contributed by atoms with Crippen molar-refractivity contribution in [1.82, 2.24) is 9.58 Å². The topological polar surface area (TPSA) is 64.0 Å². The number of benzene rings is 3. The van der Waals surface area contributed by atoms with Gasteiger partial charge in [0.1, 0.15) is 18.8 Å². The number of fused-ring (bicyclic) bond motifs is 6. The largest absolute Gasteiger partial charge is 0.482 e. The quantitative estimate of drug-likeness (QED) is 0.295. The fourth-order valence-corrected chi connectivity index (χ4v) is 7.52. The van der Waals surface area contributed by atoms with Crippen molar-refractivity contribution in [3.05, 3.63) is 140 Å². The number of rotatable bonds is 6. The summed E-state index contributed by atoms with van der Waals surface area (Å²) in [6, 6.07) is 21.6. The smallest absolute Gasteiger partial charge is 0.277 e. The molecule has 0 N–H and O–H groups in total. The molecule has 0 spiro atoms. The van der Waals surface area contributed by atoms with E-state index in [-0.39, 0.29) is 43.0 Å². The van der Waals surface area contributed by atoms with E-state index in [2.05, 4.69) is 0 Å². The molecule has 0 bridgehead atoms. The highest BCUT2D eigenvalue weighted by Gasteiger charge is 2.56. The number of halogens is 2. The molecule has 3 aromatic carbocycles. The summed E-state index contributed by atoms with van der Waals surface area (Å²) in [4.78, 5) is 29.6. The predicted octanol–water partition coefficient (Wildman–Crippen LogP) is 5.38. The van der Waals surface area contributed by atoms with E-state index in [1.165, 1.54) is 12.1 Å². The summed E-state index contributed by atoms with van der Waals surface area (Å²) >= 11 is 0. The van der Waals surface area contributed by atoms with Gasteiger partial charge in [0.25, 0.3) is 5.91 Å². The Kier molecular flexibility index (Phi) is 6.60. The van der Waals surface area contributed by atoms with Gasteiger partial charge in [-0.3, -0.25) is 19.3 Å². The van der Waals surface area contributed by atoms with Crippen molar-refractivity contribution in [2.75, 3.05) is 31.4 Å². The number of ether oxygens (including phenoxy) is 2. The van der Waals surface area contributed by atoms with Gasteiger partial charge in [0, 0.05) is 44.0 Å². The molecule has 9 heteroatoms. The van der Waals surface area contributed by atoms with Crippen LogP contribution in [0.5, 0.6) is 5.75 Å². The van der Waals surface area contributed by atoms with Crippen LogP contribution in [-0.4, -0.2) is 41.9 Å². The molecule has 1 saturated heterocycles. The van der Waals surface area contributed by atoms with Gasteiger partial charge in [-0.25, -0.2) is 8.78 Å². The number of carbonyl (C=O) groups excluding carboxylic acids is 1. The number of hydrogen-bond acceptors (Lipinski definition) is 5. The van der Waals surface area contributed by atoms with E-state index in [1.54, 1.807) is 21.8 Å². The Morgan fingerprint density at radius 3 is 2.51 bits per heavy atom. The molecule has 1 unspecified atom stereocenters. The van der Waals surface area contributed by atoms with E-state index in [0.717, 1.165) is 35.1 Å². The summed E-state index contributed by atoms with van der Waals surface area (Å²) in [5, 5.41) is 2.03. The number of pyridine rings is 1. The van der Waals surface area contributed by atoms with Gasteiger partial charge >= 0.3 is 0 Å². The Morgan fingerprint density at radius 1 is 0.911 bits per heavy atom. The molecule has 2 aliphatic heterocycles. The van der Waals surface area contributed by atoms with Crippen LogP contribution < -0.4 is 15.2 Å². The molecule has 1 amide bonds. The van der Waals surface area contributed by atoms with Gasteiger partial charge in [-0.1, -0.05) is 66.7 Å². The highest BCUT2D eigenvalue weighted by Crippen LogP contribution is 2.56. The minimum atomic E-state index is -1.05. The summed E-state index contributed by atoms with van der Waals surface area (Å²) in [5.41, 5.74) is 3.19. The maximum absolute atomic E-state index is 15.5. The van der Waals surface area contributed by atoms with Gasteiger partial charge < -0.3 is 14.4 Å². The first-order valence-electron chi connectivity index (χ1n) is 15.3. The molecule has 0 radical (unpaired) electrons. The SMILES string of the molecule is O=C1c2c(OCc3ccccc3)c(=O)ccn2N(C23C(=Cc4ccccc42)Cc2c3ccc(F)c2F)CN1CC1CCOCC1. The number of aromatic nitrogens is 1. The minimum Gasteiger partial charge on any atom is -0.482 e. The molecule has 1 atom stereocenters. The molecule has 0 saturated carbocycles. The lowest BCUT2D eigenvalue weighted by molar-refractivity contribution is 0.0398. The molecular formula is C36H31F2N3O4. The fraction of sp³-hybridized carbons (Fsp3) is 0.278. The summed E-state index contributed by atoms with van der Waals surface area (Å²) in [5.74, 6) is -1.89. The van der Waals surface area contributed by atoms with Gasteiger partial charge in [0.2, 0.25) is 5.43 Å². The van der Waals surface area contributed by atoms with Gasteiger partial charge in [-0.05, 0) is 52.7 Å². The van der Waals surface area contributed by atoms with E-state index in [9.17, 15) is 14.0 Å². The van der Waals surface area contributed by atoms with Crippen LogP contribution in [0.3, 0.4) is 0 Å². The second-order valence-corrected chi connectivity index (χ2v) is 12.1. The number of amides is 1. The summed E-state index contributed by atoms with van der Waals surface area (Å²) < 4.78 is 43.6. The van der Waals surface area contributed by atoms with Crippen LogP contribution in [0.15, 0.2) is 89.4 Å². The predicted molar refractivity (Wildman–Crippen MR) is 164 cm³/mol. The summed E-state index contributed by atoms with van der Waals surface area (Å²) in [6.07, 6.45) is 5.48. The lowest BCUT2D eigenvalue weighted by Crippen LogP contribution is -2.63.